The lowest BCUT2D eigenvalue weighted by Crippen LogP contribution is -2.50. The molecule has 5 nitrogen and oxygen atoms in total. The van der Waals surface area contributed by atoms with Crippen LogP contribution in [0.2, 0.25) is 0 Å². The quantitative estimate of drug-likeness (QED) is 0.623. The van der Waals surface area contributed by atoms with Crippen molar-refractivity contribution in [2.75, 3.05) is 13.2 Å². The molecule has 1 atom stereocenters. The summed E-state index contributed by atoms with van der Waals surface area (Å²) >= 11 is 0. The fourth-order valence-corrected chi connectivity index (χ4v) is 1.75. The minimum atomic E-state index is -3.01. The van der Waals surface area contributed by atoms with Crippen LogP contribution in [0.1, 0.15) is 19.8 Å². The van der Waals surface area contributed by atoms with Crippen molar-refractivity contribution in [1.82, 2.24) is 4.90 Å². The predicted octanol–water partition coefficient (Wildman–Crippen LogP) is 1.88. The Balaban J connectivity index is 2.69. The zero-order valence-corrected chi connectivity index (χ0v) is 9.94. The summed E-state index contributed by atoms with van der Waals surface area (Å²) in [7, 11) is 0. The number of hydrogen-bond acceptors (Lipinski definition) is 3. The first-order valence-electron chi connectivity index (χ1n) is 5.58. The number of esters is 1. The van der Waals surface area contributed by atoms with E-state index in [-0.39, 0.29) is 13.0 Å². The van der Waals surface area contributed by atoms with Crippen LogP contribution in [0.3, 0.4) is 0 Å². The molecule has 18 heavy (non-hydrogen) atoms. The Morgan fingerprint density at radius 1 is 1.56 bits per heavy atom. The van der Waals surface area contributed by atoms with Gasteiger partial charge in [0.25, 0.3) is 5.92 Å². The van der Waals surface area contributed by atoms with Crippen molar-refractivity contribution in [3.05, 3.63) is 12.2 Å². The molecule has 7 heteroatoms. The number of nitrogens with zero attached hydrogens (tertiary/aromatic N) is 1. The van der Waals surface area contributed by atoms with Gasteiger partial charge in [-0.1, -0.05) is 6.08 Å². The summed E-state index contributed by atoms with van der Waals surface area (Å²) in [4.78, 5) is 22.6. The van der Waals surface area contributed by atoms with Gasteiger partial charge in [0.05, 0.1) is 19.2 Å². The average molecular weight is 263 g/mol. The number of carboxylic acid groups (broad SMARTS) is 1. The van der Waals surface area contributed by atoms with Crippen molar-refractivity contribution in [3.63, 3.8) is 0 Å². The van der Waals surface area contributed by atoms with E-state index in [1.165, 1.54) is 6.08 Å². The zero-order chi connectivity index (χ0) is 13.8. The Kier molecular flexibility index (Phi) is 4.63. The van der Waals surface area contributed by atoms with Crippen molar-refractivity contribution in [2.45, 2.75) is 31.7 Å². The number of rotatable bonds is 3. The number of halogens is 2. The van der Waals surface area contributed by atoms with Crippen LogP contribution in [-0.4, -0.2) is 47.2 Å². The van der Waals surface area contributed by atoms with E-state index in [1.54, 1.807) is 6.92 Å². The molecular formula is C11H15F2NO4. The van der Waals surface area contributed by atoms with Gasteiger partial charge in [0, 0.05) is 12.5 Å². The molecule has 0 bridgehead atoms. The molecule has 1 saturated heterocycles. The topological polar surface area (TPSA) is 66.8 Å². The van der Waals surface area contributed by atoms with Crippen LogP contribution >= 0.6 is 0 Å². The lowest BCUT2D eigenvalue weighted by atomic mass is 9.99. The fourth-order valence-electron chi connectivity index (χ4n) is 1.75. The van der Waals surface area contributed by atoms with E-state index in [0.717, 1.165) is 6.08 Å². The second-order valence-electron chi connectivity index (χ2n) is 3.98. The van der Waals surface area contributed by atoms with E-state index in [0.29, 0.717) is 4.90 Å². The maximum Gasteiger partial charge on any atom is 0.407 e. The summed E-state index contributed by atoms with van der Waals surface area (Å²) in [6.45, 7) is 0.991. The Morgan fingerprint density at radius 3 is 2.78 bits per heavy atom. The van der Waals surface area contributed by atoms with Crippen LogP contribution in [-0.2, 0) is 9.53 Å². The highest BCUT2D eigenvalue weighted by atomic mass is 19.3. The van der Waals surface area contributed by atoms with E-state index in [9.17, 15) is 18.4 Å². The normalized spacial score (nSPS) is 23.1. The Morgan fingerprint density at radius 2 is 2.22 bits per heavy atom. The van der Waals surface area contributed by atoms with Crippen molar-refractivity contribution >= 4 is 12.1 Å². The largest absolute Gasteiger partial charge is 0.465 e. The molecule has 1 unspecified atom stereocenters. The third-order valence-corrected chi connectivity index (χ3v) is 2.59. The molecule has 1 N–H and O–H groups in total. The van der Waals surface area contributed by atoms with Crippen molar-refractivity contribution in [2.24, 2.45) is 0 Å². The Hall–Kier alpha value is -1.66. The van der Waals surface area contributed by atoms with E-state index < -0.39 is 37.0 Å². The number of ether oxygens (including phenoxy) is 1. The maximum atomic E-state index is 13.1. The van der Waals surface area contributed by atoms with E-state index in [4.69, 9.17) is 5.11 Å². The molecule has 102 valence electrons. The van der Waals surface area contributed by atoms with Gasteiger partial charge in [-0.15, -0.1) is 0 Å². The summed E-state index contributed by atoms with van der Waals surface area (Å²) in [5, 5.41) is 8.85. The van der Waals surface area contributed by atoms with Crippen molar-refractivity contribution in [1.29, 1.82) is 0 Å². The van der Waals surface area contributed by atoms with Crippen molar-refractivity contribution in [3.8, 4) is 0 Å². The minimum Gasteiger partial charge on any atom is -0.465 e. The standard InChI is InChI=1S/C11H15F2NO4/c1-2-18-9(15)4-3-8-5-6-11(12,13)7-14(8)10(16)17/h3-4,8H,2,5-7H2,1H3,(H,16,17). The lowest BCUT2D eigenvalue weighted by molar-refractivity contribution is -0.137. The fraction of sp³-hybridized carbons (Fsp3) is 0.636. The van der Waals surface area contributed by atoms with Gasteiger partial charge in [0.2, 0.25) is 0 Å². The first-order chi connectivity index (χ1) is 8.35. The number of piperidine rings is 1. The van der Waals surface area contributed by atoms with Gasteiger partial charge < -0.3 is 9.84 Å². The molecule has 0 spiro atoms. The highest BCUT2D eigenvalue weighted by Crippen LogP contribution is 2.30. The van der Waals surface area contributed by atoms with Crippen molar-refractivity contribution < 1.29 is 28.2 Å². The molecule has 1 aliphatic rings. The summed E-state index contributed by atoms with van der Waals surface area (Å²) in [5.41, 5.74) is 0. The lowest BCUT2D eigenvalue weighted by Gasteiger charge is -2.36. The van der Waals surface area contributed by atoms with E-state index in [2.05, 4.69) is 4.74 Å². The number of amides is 1. The predicted molar refractivity (Wildman–Crippen MR) is 58.5 cm³/mol. The van der Waals surface area contributed by atoms with Crippen LogP contribution in [0, 0.1) is 0 Å². The van der Waals surface area contributed by atoms with E-state index in [1.807, 2.05) is 0 Å². The Bertz CT molecular complexity index is 357. The number of alkyl halides is 2. The molecule has 0 aromatic carbocycles. The average Bonchev–Trinajstić information content (AvgIpc) is 2.26. The maximum absolute atomic E-state index is 13.1. The second-order valence-corrected chi connectivity index (χ2v) is 3.98. The molecule has 0 aromatic rings. The molecule has 1 rings (SSSR count). The molecule has 1 amide bonds. The van der Waals surface area contributed by atoms with Gasteiger partial charge in [0.1, 0.15) is 0 Å². The summed E-state index contributed by atoms with van der Waals surface area (Å²) < 4.78 is 30.8. The molecular weight excluding hydrogens is 248 g/mol. The number of carbonyl (C=O) groups is 2. The number of carbonyl (C=O) groups excluding carboxylic acids is 1. The Labute approximate surface area is 103 Å². The van der Waals surface area contributed by atoms with Gasteiger partial charge in [-0.05, 0) is 13.3 Å². The molecule has 0 saturated carbocycles. The second kappa shape index (κ2) is 5.79. The van der Waals surface area contributed by atoms with Crippen LogP contribution < -0.4 is 0 Å². The highest BCUT2D eigenvalue weighted by molar-refractivity contribution is 5.82. The van der Waals surface area contributed by atoms with Crippen LogP contribution in [0.5, 0.6) is 0 Å². The SMILES string of the molecule is CCOC(=O)C=CC1CCC(F)(F)CN1C(=O)O. The molecule has 0 aliphatic carbocycles. The number of likely N-dealkylation sites (tertiary alicyclic amines) is 1. The smallest absolute Gasteiger partial charge is 0.407 e. The van der Waals surface area contributed by atoms with E-state index >= 15 is 0 Å². The molecule has 0 aromatic heterocycles. The highest BCUT2D eigenvalue weighted by Gasteiger charge is 2.41. The van der Waals surface area contributed by atoms with Crippen LogP contribution in [0.15, 0.2) is 12.2 Å². The first kappa shape index (κ1) is 14.4. The van der Waals surface area contributed by atoms with Gasteiger partial charge in [-0.3, -0.25) is 4.90 Å². The molecule has 0 radical (unpaired) electrons. The summed E-state index contributed by atoms with van der Waals surface area (Å²) in [6, 6.07) is -0.716. The van der Waals surface area contributed by atoms with Crippen LogP contribution in [0.4, 0.5) is 13.6 Å². The van der Waals surface area contributed by atoms with Gasteiger partial charge in [0.15, 0.2) is 0 Å². The summed E-state index contributed by atoms with van der Waals surface area (Å²) in [5.74, 6) is -3.62. The molecule has 1 aliphatic heterocycles. The minimum absolute atomic E-state index is 0.0186. The molecule has 1 fully saturated rings. The molecule has 1 heterocycles. The summed E-state index contributed by atoms with van der Waals surface area (Å²) in [6.07, 6.45) is 0.534. The van der Waals surface area contributed by atoms with Gasteiger partial charge in [-0.2, -0.15) is 0 Å². The van der Waals surface area contributed by atoms with Gasteiger partial charge >= 0.3 is 12.1 Å². The third kappa shape index (κ3) is 3.97. The van der Waals surface area contributed by atoms with Gasteiger partial charge in [-0.25, -0.2) is 18.4 Å². The zero-order valence-electron chi connectivity index (χ0n) is 9.94. The number of hydrogen-bond donors (Lipinski definition) is 1. The first-order valence-corrected chi connectivity index (χ1v) is 5.58. The third-order valence-electron chi connectivity index (χ3n) is 2.59. The van der Waals surface area contributed by atoms with Crippen LogP contribution in [0.25, 0.3) is 0 Å². The monoisotopic (exact) mass is 263 g/mol.